The lowest BCUT2D eigenvalue weighted by molar-refractivity contribution is 0.479. The maximum absolute atomic E-state index is 13.6. The van der Waals surface area contributed by atoms with E-state index in [0.717, 1.165) is 24.7 Å². The number of halogens is 3. The average Bonchev–Trinajstić information content (AvgIpc) is 2.91. The molecule has 0 radical (unpaired) electrons. The predicted molar refractivity (Wildman–Crippen MR) is 67.0 cm³/mol. The van der Waals surface area contributed by atoms with Crippen LogP contribution in [0.15, 0.2) is 18.3 Å². The van der Waals surface area contributed by atoms with Crippen molar-refractivity contribution < 1.29 is 13.2 Å². The fourth-order valence-electron chi connectivity index (χ4n) is 2.64. The molecule has 1 unspecified atom stereocenters. The molecule has 1 N–H and O–H groups in total. The molecule has 6 heteroatoms. The maximum atomic E-state index is 13.6. The van der Waals surface area contributed by atoms with Crippen molar-refractivity contribution in [3.8, 4) is 0 Å². The second-order valence-corrected chi connectivity index (χ2v) is 5.11. The van der Waals surface area contributed by atoms with Gasteiger partial charge in [-0.05, 0) is 36.7 Å². The Kier molecular flexibility index (Phi) is 2.97. The van der Waals surface area contributed by atoms with Crippen LogP contribution in [0.25, 0.3) is 0 Å². The van der Waals surface area contributed by atoms with Crippen molar-refractivity contribution in [3.05, 3.63) is 51.8 Å². The molecule has 0 spiro atoms. The first-order valence-electron chi connectivity index (χ1n) is 5.98. The molecule has 1 aromatic heterocycles. The van der Waals surface area contributed by atoms with Crippen LogP contribution < -0.4 is 0 Å². The first-order valence-corrected chi connectivity index (χ1v) is 6.38. The fourth-order valence-corrected chi connectivity index (χ4v) is 2.90. The molecule has 0 aliphatic carbocycles. The number of imidazole rings is 1. The van der Waals surface area contributed by atoms with Crippen molar-refractivity contribution in [2.45, 2.75) is 25.3 Å². The molecule has 2 aromatic rings. The Hall–Kier alpha value is -1.56. The summed E-state index contributed by atoms with van der Waals surface area (Å²) in [5, 5.41) is 0. The second kappa shape index (κ2) is 4.52. The van der Waals surface area contributed by atoms with E-state index in [9.17, 15) is 13.2 Å². The monoisotopic (exact) mass is 284 g/mol. The van der Waals surface area contributed by atoms with Crippen LogP contribution in [0, 0.1) is 22.2 Å². The number of H-pyrrole nitrogens is 1. The Balaban J connectivity index is 1.93. The van der Waals surface area contributed by atoms with Gasteiger partial charge in [-0.2, -0.15) is 0 Å². The summed E-state index contributed by atoms with van der Waals surface area (Å²) in [6, 6.07) is 1.62. The van der Waals surface area contributed by atoms with E-state index in [1.54, 1.807) is 6.20 Å². The number of aromatic amines is 1. The molecule has 3 rings (SSSR count). The van der Waals surface area contributed by atoms with Gasteiger partial charge in [0.15, 0.2) is 16.4 Å². The maximum Gasteiger partial charge on any atom is 0.177 e. The lowest BCUT2D eigenvalue weighted by Gasteiger charge is -2.10. The summed E-state index contributed by atoms with van der Waals surface area (Å²) in [5.74, 6) is -2.82. The van der Waals surface area contributed by atoms with Crippen LogP contribution in [0.2, 0.25) is 0 Å². The highest BCUT2D eigenvalue weighted by Crippen LogP contribution is 2.32. The van der Waals surface area contributed by atoms with E-state index in [4.69, 9.17) is 12.2 Å². The smallest absolute Gasteiger partial charge is 0.177 e. The van der Waals surface area contributed by atoms with Gasteiger partial charge in [-0.3, -0.25) is 0 Å². The molecule has 1 aliphatic heterocycles. The molecular formula is C13H11F3N2S. The van der Waals surface area contributed by atoms with E-state index in [1.807, 2.05) is 4.57 Å². The molecule has 0 saturated heterocycles. The molecule has 100 valence electrons. The number of benzene rings is 1. The minimum absolute atomic E-state index is 0.0312. The first-order chi connectivity index (χ1) is 9.06. The summed E-state index contributed by atoms with van der Waals surface area (Å²) in [5.41, 5.74) is 1.04. The molecular weight excluding hydrogens is 273 g/mol. The number of fused-ring (bicyclic) bond motifs is 1. The van der Waals surface area contributed by atoms with Gasteiger partial charge in [0, 0.05) is 30.4 Å². The molecule has 2 heterocycles. The summed E-state index contributed by atoms with van der Waals surface area (Å²) in [4.78, 5) is 2.93. The quantitative estimate of drug-likeness (QED) is 0.659. The lowest BCUT2D eigenvalue weighted by atomic mass is 9.95. The Bertz CT molecular complexity index is 690. The zero-order valence-electron chi connectivity index (χ0n) is 9.92. The summed E-state index contributed by atoms with van der Waals surface area (Å²) in [6.45, 7) is 0.752. The lowest BCUT2D eigenvalue weighted by Crippen LogP contribution is -2.03. The van der Waals surface area contributed by atoms with E-state index < -0.39 is 17.5 Å². The SMILES string of the molecule is Fc1cc(F)c(F)c(CC2CCn3c2c[nH]c3=S)c1. The summed E-state index contributed by atoms with van der Waals surface area (Å²) in [7, 11) is 0. The zero-order chi connectivity index (χ0) is 13.6. The van der Waals surface area contributed by atoms with Crippen molar-refractivity contribution in [2.24, 2.45) is 0 Å². The first kappa shape index (κ1) is 12.5. The number of hydrogen-bond acceptors (Lipinski definition) is 1. The third kappa shape index (κ3) is 2.10. The van der Waals surface area contributed by atoms with Crippen molar-refractivity contribution in [3.63, 3.8) is 0 Å². The topological polar surface area (TPSA) is 20.7 Å². The van der Waals surface area contributed by atoms with Gasteiger partial charge in [-0.25, -0.2) is 13.2 Å². The molecule has 19 heavy (non-hydrogen) atoms. The molecule has 1 aromatic carbocycles. The number of rotatable bonds is 2. The van der Waals surface area contributed by atoms with Crippen molar-refractivity contribution in [1.82, 2.24) is 9.55 Å². The Morgan fingerprint density at radius 2 is 2.11 bits per heavy atom. The zero-order valence-corrected chi connectivity index (χ0v) is 10.7. The summed E-state index contributed by atoms with van der Waals surface area (Å²) < 4.78 is 42.5. The third-order valence-electron chi connectivity index (χ3n) is 3.55. The Morgan fingerprint density at radius 3 is 2.89 bits per heavy atom. The van der Waals surface area contributed by atoms with Gasteiger partial charge in [0.25, 0.3) is 0 Å². The van der Waals surface area contributed by atoms with Gasteiger partial charge in [0.1, 0.15) is 5.82 Å². The van der Waals surface area contributed by atoms with E-state index in [-0.39, 0.29) is 17.9 Å². The molecule has 0 saturated carbocycles. The molecule has 0 amide bonds. The van der Waals surface area contributed by atoms with Crippen LogP contribution in [0.4, 0.5) is 13.2 Å². The van der Waals surface area contributed by atoms with Crippen molar-refractivity contribution in [1.29, 1.82) is 0 Å². The largest absolute Gasteiger partial charge is 0.337 e. The number of hydrogen-bond donors (Lipinski definition) is 1. The number of aromatic nitrogens is 2. The van der Waals surface area contributed by atoms with Gasteiger partial charge in [-0.1, -0.05) is 0 Å². The van der Waals surface area contributed by atoms with E-state index in [2.05, 4.69) is 4.98 Å². The van der Waals surface area contributed by atoms with Crippen LogP contribution in [0.1, 0.15) is 23.6 Å². The Morgan fingerprint density at radius 1 is 1.32 bits per heavy atom. The van der Waals surface area contributed by atoms with Gasteiger partial charge >= 0.3 is 0 Å². The number of nitrogens with one attached hydrogen (secondary N) is 1. The highest BCUT2D eigenvalue weighted by molar-refractivity contribution is 7.71. The predicted octanol–water partition coefficient (Wildman–Crippen LogP) is 3.69. The second-order valence-electron chi connectivity index (χ2n) is 4.72. The van der Waals surface area contributed by atoms with Crippen molar-refractivity contribution >= 4 is 12.2 Å². The van der Waals surface area contributed by atoms with E-state index in [0.29, 0.717) is 10.8 Å². The van der Waals surface area contributed by atoms with Gasteiger partial charge < -0.3 is 9.55 Å². The van der Waals surface area contributed by atoms with Crippen LogP contribution in [-0.2, 0) is 13.0 Å². The van der Waals surface area contributed by atoms with Gasteiger partial charge in [0.2, 0.25) is 0 Å². The third-order valence-corrected chi connectivity index (χ3v) is 3.89. The van der Waals surface area contributed by atoms with E-state index >= 15 is 0 Å². The van der Waals surface area contributed by atoms with Crippen LogP contribution in [-0.4, -0.2) is 9.55 Å². The van der Waals surface area contributed by atoms with Crippen LogP contribution in [0.5, 0.6) is 0 Å². The molecule has 2 nitrogen and oxygen atoms in total. The van der Waals surface area contributed by atoms with Gasteiger partial charge in [-0.15, -0.1) is 0 Å². The van der Waals surface area contributed by atoms with Gasteiger partial charge in [0.05, 0.1) is 0 Å². The number of nitrogens with zero attached hydrogens (tertiary/aromatic N) is 1. The van der Waals surface area contributed by atoms with E-state index in [1.165, 1.54) is 0 Å². The van der Waals surface area contributed by atoms with Crippen molar-refractivity contribution in [2.75, 3.05) is 0 Å². The molecule has 0 bridgehead atoms. The molecule has 1 aliphatic rings. The Labute approximate surface area is 112 Å². The highest BCUT2D eigenvalue weighted by atomic mass is 32.1. The minimum atomic E-state index is -1.14. The van der Waals surface area contributed by atoms with Crippen LogP contribution >= 0.6 is 12.2 Å². The fraction of sp³-hybridized carbons (Fsp3) is 0.308. The standard InChI is InChI=1S/C13H11F3N2S/c14-9-4-8(12(16)10(15)5-9)3-7-1-2-18-11(7)6-17-13(18)19/h4-7H,1-3H2,(H,17,19). The normalized spacial score (nSPS) is 17.7. The molecule has 1 atom stereocenters. The minimum Gasteiger partial charge on any atom is -0.337 e. The summed E-state index contributed by atoms with van der Waals surface area (Å²) >= 11 is 5.11. The van der Waals surface area contributed by atoms with Crippen LogP contribution in [0.3, 0.4) is 0 Å². The summed E-state index contributed by atoms with van der Waals surface area (Å²) in [6.07, 6.45) is 2.85. The molecule has 0 fully saturated rings. The average molecular weight is 284 g/mol. The highest BCUT2D eigenvalue weighted by Gasteiger charge is 2.25.